The van der Waals surface area contributed by atoms with Crippen molar-refractivity contribution in [1.82, 2.24) is 19.7 Å². The Hall–Kier alpha value is -2.84. The second kappa shape index (κ2) is 7.94. The van der Waals surface area contributed by atoms with Crippen LogP contribution in [0, 0.1) is 5.82 Å². The number of benzene rings is 1. The lowest BCUT2D eigenvalue weighted by Crippen LogP contribution is -2.35. The van der Waals surface area contributed by atoms with E-state index in [0.29, 0.717) is 31.9 Å². The number of aromatic nitrogens is 4. The number of halogens is 1. The van der Waals surface area contributed by atoms with Crippen LogP contribution in [0.1, 0.15) is 48.8 Å². The highest BCUT2D eigenvalue weighted by Gasteiger charge is 2.42. The number of nitrogens with zero attached hydrogens (tertiary/aromatic N) is 4. The van der Waals surface area contributed by atoms with Gasteiger partial charge in [0.1, 0.15) is 23.6 Å². The van der Waals surface area contributed by atoms with Gasteiger partial charge in [-0.25, -0.2) is 9.37 Å². The lowest BCUT2D eigenvalue weighted by molar-refractivity contribution is -0.155. The minimum Gasteiger partial charge on any atom is -0.474 e. The van der Waals surface area contributed by atoms with Gasteiger partial charge in [-0.2, -0.15) is 0 Å². The van der Waals surface area contributed by atoms with E-state index in [1.54, 1.807) is 12.3 Å². The molecule has 0 radical (unpaired) electrons. The van der Waals surface area contributed by atoms with Gasteiger partial charge in [-0.05, 0) is 55.5 Å². The Labute approximate surface area is 185 Å². The average molecular weight is 436 g/mol. The lowest BCUT2D eigenvalue weighted by atomic mass is 9.86. The Balaban J connectivity index is 1.28. The summed E-state index contributed by atoms with van der Waals surface area (Å²) < 4.78 is 34.3. The summed E-state index contributed by atoms with van der Waals surface area (Å²) in [5.41, 5.74) is 1.78. The minimum atomic E-state index is -0.796. The van der Waals surface area contributed by atoms with Crippen molar-refractivity contribution in [3.63, 3.8) is 0 Å². The van der Waals surface area contributed by atoms with Gasteiger partial charge in [-0.1, -0.05) is 6.07 Å². The largest absolute Gasteiger partial charge is 0.474 e. The van der Waals surface area contributed by atoms with Crippen molar-refractivity contribution in [3.05, 3.63) is 65.6 Å². The molecule has 7 nitrogen and oxygen atoms in total. The van der Waals surface area contributed by atoms with Crippen LogP contribution in [-0.4, -0.2) is 44.9 Å². The van der Waals surface area contributed by atoms with Crippen LogP contribution in [0.5, 0.6) is 5.88 Å². The summed E-state index contributed by atoms with van der Waals surface area (Å²) in [6.45, 7) is 1.07. The molecule has 0 bridgehead atoms. The van der Waals surface area contributed by atoms with Gasteiger partial charge < -0.3 is 14.2 Å². The maximum absolute atomic E-state index is 14.1. The molecule has 166 valence electrons. The summed E-state index contributed by atoms with van der Waals surface area (Å²) >= 11 is 0. The van der Waals surface area contributed by atoms with Crippen molar-refractivity contribution >= 4 is 0 Å². The molecular formula is C24H25FN4O3. The van der Waals surface area contributed by atoms with Crippen LogP contribution in [0.3, 0.4) is 0 Å². The highest BCUT2D eigenvalue weighted by Crippen LogP contribution is 2.39. The molecule has 1 spiro atoms. The molecule has 2 aliphatic heterocycles. The Kier molecular flexibility index (Phi) is 4.91. The topological polar surface area (TPSA) is 71.3 Å². The highest BCUT2D eigenvalue weighted by molar-refractivity contribution is 5.46. The predicted octanol–water partition coefficient (Wildman–Crippen LogP) is 3.75. The van der Waals surface area contributed by atoms with E-state index in [2.05, 4.69) is 19.7 Å². The minimum absolute atomic E-state index is 0.151. The van der Waals surface area contributed by atoms with E-state index in [4.69, 9.17) is 14.2 Å². The molecular weight excluding hydrogens is 411 g/mol. The Morgan fingerprint density at radius 2 is 1.84 bits per heavy atom. The van der Waals surface area contributed by atoms with Gasteiger partial charge in [0.2, 0.25) is 5.88 Å². The van der Waals surface area contributed by atoms with Crippen molar-refractivity contribution in [2.45, 2.75) is 56.3 Å². The van der Waals surface area contributed by atoms with Gasteiger partial charge in [0.15, 0.2) is 5.79 Å². The van der Waals surface area contributed by atoms with Crippen molar-refractivity contribution < 1.29 is 18.6 Å². The van der Waals surface area contributed by atoms with Gasteiger partial charge in [0.25, 0.3) is 0 Å². The summed E-state index contributed by atoms with van der Waals surface area (Å²) in [5, 5.41) is 9.14. The second-order valence-corrected chi connectivity index (χ2v) is 8.80. The molecule has 0 atom stereocenters. The molecule has 1 saturated carbocycles. The summed E-state index contributed by atoms with van der Waals surface area (Å²) in [6.07, 6.45) is 6.64. The average Bonchev–Trinajstić information content (AvgIpc) is 3.40. The maximum atomic E-state index is 14.1. The van der Waals surface area contributed by atoms with Gasteiger partial charge in [-0.15, -0.1) is 10.2 Å². The first kappa shape index (κ1) is 19.8. The summed E-state index contributed by atoms with van der Waals surface area (Å²) in [6, 6.07) is 10.6. The highest BCUT2D eigenvalue weighted by atomic mass is 19.1. The van der Waals surface area contributed by atoms with Crippen LogP contribution in [-0.2, 0) is 22.3 Å². The molecule has 0 N–H and O–H groups in total. The van der Waals surface area contributed by atoms with E-state index in [1.165, 1.54) is 6.07 Å². The number of fused-ring (bicyclic) bond motifs is 3. The Bertz CT molecular complexity index is 1110. The predicted molar refractivity (Wildman–Crippen MR) is 113 cm³/mol. The fourth-order valence-corrected chi connectivity index (χ4v) is 5.21. The molecule has 2 aromatic heterocycles. The molecule has 3 aliphatic rings. The van der Waals surface area contributed by atoms with Crippen LogP contribution >= 0.6 is 0 Å². The van der Waals surface area contributed by atoms with Crippen molar-refractivity contribution in [3.8, 4) is 11.6 Å². The van der Waals surface area contributed by atoms with Crippen molar-refractivity contribution in [1.29, 1.82) is 0 Å². The standard InChI is InChI=1S/C24H25FN4O3/c25-18-6-9-20-17(13-18)14-24(30-11-12-31-24)15-21-27-28-23(29(20)21)16-4-7-19(8-5-16)32-22-3-1-2-10-26-22/h1-3,6,9-10,13,16,19H,4-5,7-8,11-12,14-15H2. The van der Waals surface area contributed by atoms with Crippen molar-refractivity contribution in [2.24, 2.45) is 0 Å². The van der Waals surface area contributed by atoms with Crippen molar-refractivity contribution in [2.75, 3.05) is 13.2 Å². The fourth-order valence-electron chi connectivity index (χ4n) is 5.21. The first-order valence-corrected chi connectivity index (χ1v) is 11.3. The van der Waals surface area contributed by atoms with Gasteiger partial charge >= 0.3 is 0 Å². The van der Waals surface area contributed by atoms with E-state index in [0.717, 1.165) is 48.6 Å². The molecule has 1 saturated heterocycles. The zero-order valence-electron chi connectivity index (χ0n) is 17.7. The first-order chi connectivity index (χ1) is 15.7. The third-order valence-electron chi connectivity index (χ3n) is 6.70. The van der Waals surface area contributed by atoms with Crippen LogP contribution in [0.4, 0.5) is 4.39 Å². The number of hydrogen-bond donors (Lipinski definition) is 0. The van der Waals surface area contributed by atoms with Gasteiger partial charge in [-0.3, -0.25) is 4.57 Å². The molecule has 0 unspecified atom stereocenters. The van der Waals surface area contributed by atoms with Crippen LogP contribution < -0.4 is 4.74 Å². The number of pyridine rings is 1. The monoisotopic (exact) mass is 436 g/mol. The van der Waals surface area contributed by atoms with E-state index in [-0.39, 0.29) is 17.8 Å². The number of ether oxygens (including phenoxy) is 3. The van der Waals surface area contributed by atoms with E-state index in [1.807, 2.05) is 24.3 Å². The van der Waals surface area contributed by atoms with E-state index in [9.17, 15) is 4.39 Å². The lowest BCUT2D eigenvalue weighted by Gasteiger charge is -2.28. The molecule has 0 amide bonds. The SMILES string of the molecule is Fc1ccc2c(c1)CC1(Cc3nnc(C4CCC(Oc5ccccn5)CC4)n3-2)OCCO1. The zero-order valence-corrected chi connectivity index (χ0v) is 17.7. The summed E-state index contributed by atoms with van der Waals surface area (Å²) in [4.78, 5) is 4.27. The molecule has 32 heavy (non-hydrogen) atoms. The molecule has 6 rings (SSSR count). The molecule has 8 heteroatoms. The van der Waals surface area contributed by atoms with Gasteiger partial charge in [0.05, 0.1) is 25.3 Å². The third kappa shape index (κ3) is 3.57. The van der Waals surface area contributed by atoms with E-state index < -0.39 is 5.79 Å². The maximum Gasteiger partial charge on any atom is 0.213 e. The number of hydrogen-bond acceptors (Lipinski definition) is 6. The van der Waals surface area contributed by atoms with Crippen LogP contribution in [0.25, 0.3) is 5.69 Å². The summed E-state index contributed by atoms with van der Waals surface area (Å²) in [5.74, 6) is 1.61. The number of rotatable bonds is 3. The summed E-state index contributed by atoms with van der Waals surface area (Å²) in [7, 11) is 0. The molecule has 2 fully saturated rings. The Morgan fingerprint density at radius 3 is 2.62 bits per heavy atom. The first-order valence-electron chi connectivity index (χ1n) is 11.3. The second-order valence-electron chi connectivity index (χ2n) is 8.80. The van der Waals surface area contributed by atoms with Crippen LogP contribution in [0.15, 0.2) is 42.6 Å². The fraction of sp³-hybridized carbons (Fsp3) is 0.458. The zero-order chi connectivity index (χ0) is 21.5. The molecule has 4 heterocycles. The Morgan fingerprint density at radius 1 is 1.00 bits per heavy atom. The smallest absolute Gasteiger partial charge is 0.213 e. The van der Waals surface area contributed by atoms with Crippen LogP contribution in [0.2, 0.25) is 0 Å². The van der Waals surface area contributed by atoms with Gasteiger partial charge in [0, 0.05) is 24.6 Å². The van der Waals surface area contributed by atoms with E-state index >= 15 is 0 Å². The molecule has 3 aromatic rings. The molecule has 1 aliphatic carbocycles. The molecule has 1 aromatic carbocycles. The quantitative estimate of drug-likeness (QED) is 0.623. The third-order valence-corrected chi connectivity index (χ3v) is 6.70. The normalized spacial score (nSPS) is 24.0.